The average molecular weight is 168 g/mol. The summed E-state index contributed by atoms with van der Waals surface area (Å²) >= 11 is 0. The van der Waals surface area contributed by atoms with Gasteiger partial charge in [0, 0.05) is 10.2 Å². The fourth-order valence-corrected chi connectivity index (χ4v) is 0.713. The summed E-state index contributed by atoms with van der Waals surface area (Å²) in [7, 11) is 1.21. The van der Waals surface area contributed by atoms with E-state index in [0.29, 0.717) is 6.61 Å². The summed E-state index contributed by atoms with van der Waals surface area (Å²) in [5.74, 6) is 0. The first-order valence-electron chi connectivity index (χ1n) is 3.96. The molecular weight excluding hydrogens is 152 g/mol. The first kappa shape index (κ1) is 10.2. The fourth-order valence-electron chi connectivity index (χ4n) is 0.521. The number of ether oxygens (including phenoxy) is 1. The Labute approximate surface area is 71.9 Å². The fraction of sp³-hybridized carbons (Fsp3) is 0.333. The summed E-state index contributed by atoms with van der Waals surface area (Å²) < 4.78 is 5.14. The van der Waals surface area contributed by atoms with Crippen LogP contribution in [0.25, 0.3) is 0 Å². The van der Waals surface area contributed by atoms with Gasteiger partial charge in [0.05, 0.1) is 6.26 Å². The van der Waals surface area contributed by atoms with Crippen LogP contribution >= 0.6 is 0 Å². The highest BCUT2D eigenvalue weighted by Gasteiger charge is 1.71. The van der Waals surface area contributed by atoms with Gasteiger partial charge < -0.3 is 4.74 Å². The van der Waals surface area contributed by atoms with Crippen LogP contribution in [0.2, 0.25) is 6.04 Å². The monoisotopic (exact) mass is 168 g/mol. The van der Waals surface area contributed by atoms with Gasteiger partial charge in [0.1, 0.15) is 6.61 Å². The van der Waals surface area contributed by atoms with E-state index in [1.165, 1.54) is 16.3 Å². The molecule has 2 heteroatoms. The van der Waals surface area contributed by atoms with Gasteiger partial charge in [-0.3, -0.25) is 0 Å². The summed E-state index contributed by atoms with van der Waals surface area (Å²) in [6.07, 6.45) is 11.8. The van der Waals surface area contributed by atoms with E-state index < -0.39 is 0 Å². The first-order valence-corrected chi connectivity index (χ1v) is 5.37. The lowest BCUT2D eigenvalue weighted by molar-refractivity contribution is 0.289. The molecule has 0 aromatic rings. The second-order valence-electron chi connectivity index (χ2n) is 2.07. The molecule has 0 unspecified atom stereocenters. The number of allylic oxidation sites excluding steroid dienone is 4. The maximum atomic E-state index is 5.14. The lowest BCUT2D eigenvalue weighted by atomic mass is 10.4. The molecule has 0 aromatic carbocycles. The van der Waals surface area contributed by atoms with Crippen LogP contribution in [0.5, 0.6) is 0 Å². The van der Waals surface area contributed by atoms with Crippen molar-refractivity contribution in [1.29, 1.82) is 0 Å². The van der Waals surface area contributed by atoms with Crippen molar-refractivity contribution in [2.45, 2.75) is 13.0 Å². The molecule has 0 saturated heterocycles. The van der Waals surface area contributed by atoms with Gasteiger partial charge >= 0.3 is 0 Å². The molecule has 0 aromatic heterocycles. The van der Waals surface area contributed by atoms with Crippen LogP contribution < -0.4 is 0 Å². The Morgan fingerprint density at radius 3 is 2.73 bits per heavy atom. The lowest BCUT2D eigenvalue weighted by Gasteiger charge is -1.91. The van der Waals surface area contributed by atoms with Crippen LogP contribution in [0, 0.1) is 0 Å². The zero-order chi connectivity index (χ0) is 8.36. The quantitative estimate of drug-likeness (QED) is 0.261. The molecule has 0 rings (SSSR count). The summed E-state index contributed by atoms with van der Waals surface area (Å²) in [4.78, 5) is 0. The molecule has 0 spiro atoms. The third-order valence-corrected chi connectivity index (χ3v) is 1.53. The second kappa shape index (κ2) is 9.24. The highest BCUT2D eigenvalue weighted by atomic mass is 28.1. The molecule has 11 heavy (non-hydrogen) atoms. The highest BCUT2D eigenvalue weighted by Crippen LogP contribution is 1.83. The zero-order valence-electron chi connectivity index (χ0n) is 7.29. The molecule has 62 valence electrons. The molecule has 0 amide bonds. The third-order valence-electron chi connectivity index (χ3n) is 1.06. The van der Waals surface area contributed by atoms with Gasteiger partial charge in [0.25, 0.3) is 0 Å². The Morgan fingerprint density at radius 2 is 2.09 bits per heavy atom. The van der Waals surface area contributed by atoms with E-state index in [9.17, 15) is 0 Å². The molecule has 1 nitrogen and oxygen atoms in total. The van der Waals surface area contributed by atoms with Gasteiger partial charge in [0.15, 0.2) is 0 Å². The van der Waals surface area contributed by atoms with Crippen LogP contribution in [-0.2, 0) is 4.74 Å². The third kappa shape index (κ3) is 9.24. The maximum absolute atomic E-state index is 5.14. The molecule has 0 heterocycles. The van der Waals surface area contributed by atoms with Crippen LogP contribution in [0.15, 0.2) is 36.6 Å². The first-order chi connectivity index (χ1) is 5.41. The Morgan fingerprint density at radius 1 is 1.27 bits per heavy atom. The molecule has 0 aliphatic rings. The number of hydrogen-bond donors (Lipinski definition) is 0. The van der Waals surface area contributed by atoms with E-state index >= 15 is 0 Å². The minimum atomic E-state index is 0.669. The van der Waals surface area contributed by atoms with E-state index in [1.54, 1.807) is 6.26 Å². The van der Waals surface area contributed by atoms with Gasteiger partial charge in [0.2, 0.25) is 0 Å². The van der Waals surface area contributed by atoms with E-state index in [0.717, 1.165) is 0 Å². The van der Waals surface area contributed by atoms with Crippen LogP contribution in [0.3, 0.4) is 0 Å². The van der Waals surface area contributed by atoms with E-state index in [2.05, 4.69) is 6.08 Å². The van der Waals surface area contributed by atoms with Gasteiger partial charge in [-0.15, -0.1) is 0 Å². The minimum Gasteiger partial charge on any atom is -0.497 e. The molecule has 0 aliphatic heterocycles. The number of rotatable bonds is 5. The van der Waals surface area contributed by atoms with Crippen LogP contribution in [0.4, 0.5) is 0 Å². The molecule has 0 N–H and O–H groups in total. The summed E-state index contributed by atoms with van der Waals surface area (Å²) in [6, 6.07) is 1.17. The second-order valence-corrected chi connectivity index (χ2v) is 2.88. The van der Waals surface area contributed by atoms with Crippen molar-refractivity contribution in [1.82, 2.24) is 0 Å². The van der Waals surface area contributed by atoms with E-state index in [4.69, 9.17) is 4.74 Å². The summed E-state index contributed by atoms with van der Waals surface area (Å²) in [5, 5.41) is 0. The lowest BCUT2D eigenvalue weighted by Crippen LogP contribution is -1.79. The van der Waals surface area contributed by atoms with Gasteiger partial charge in [-0.25, -0.2) is 0 Å². The zero-order valence-corrected chi connectivity index (χ0v) is 9.29. The van der Waals surface area contributed by atoms with Crippen molar-refractivity contribution in [3.63, 3.8) is 0 Å². The van der Waals surface area contributed by atoms with E-state index in [1.807, 2.05) is 31.2 Å². The molecule has 0 fully saturated rings. The average Bonchev–Trinajstić information content (AvgIpc) is 2.03. The molecular formula is C9H16OSi. The van der Waals surface area contributed by atoms with Gasteiger partial charge in [-0.1, -0.05) is 24.3 Å². The van der Waals surface area contributed by atoms with Crippen molar-refractivity contribution in [2.24, 2.45) is 0 Å². The number of hydrogen-bond acceptors (Lipinski definition) is 1. The molecule has 0 aliphatic carbocycles. The van der Waals surface area contributed by atoms with Crippen molar-refractivity contribution in [3.05, 3.63) is 36.6 Å². The predicted octanol–water partition coefficient (Wildman–Crippen LogP) is 1.43. The highest BCUT2D eigenvalue weighted by molar-refractivity contribution is 6.09. The Kier molecular flexibility index (Phi) is 8.60. The van der Waals surface area contributed by atoms with Crippen molar-refractivity contribution in [3.8, 4) is 0 Å². The summed E-state index contributed by atoms with van der Waals surface area (Å²) in [5.41, 5.74) is 0. The van der Waals surface area contributed by atoms with E-state index in [-0.39, 0.29) is 0 Å². The Bertz CT molecular complexity index is 148. The molecule has 0 saturated carbocycles. The molecule has 0 radical (unpaired) electrons. The molecule has 0 atom stereocenters. The molecule has 0 bridgehead atoms. The van der Waals surface area contributed by atoms with Crippen LogP contribution in [0.1, 0.15) is 6.92 Å². The van der Waals surface area contributed by atoms with Crippen molar-refractivity contribution >= 4 is 10.2 Å². The predicted molar refractivity (Wildman–Crippen MR) is 53.8 cm³/mol. The standard InChI is InChI=1S/C9H16OSi/c1-2-3-4-5-7-10-8-6-9-11/h2-6,8H,7,9H2,1,11H3. The Balaban J connectivity index is 3.20. The minimum absolute atomic E-state index is 0.669. The van der Waals surface area contributed by atoms with Gasteiger partial charge in [-0.05, 0) is 19.0 Å². The van der Waals surface area contributed by atoms with Crippen molar-refractivity contribution in [2.75, 3.05) is 6.61 Å². The van der Waals surface area contributed by atoms with Gasteiger partial charge in [-0.2, -0.15) is 0 Å². The smallest absolute Gasteiger partial charge is 0.106 e. The Hall–Kier alpha value is -0.763. The van der Waals surface area contributed by atoms with Crippen molar-refractivity contribution < 1.29 is 4.74 Å². The summed E-state index contributed by atoms with van der Waals surface area (Å²) in [6.45, 7) is 2.66. The normalized spacial score (nSPS) is 12.5. The maximum Gasteiger partial charge on any atom is 0.106 e. The largest absolute Gasteiger partial charge is 0.497 e. The topological polar surface area (TPSA) is 9.23 Å². The van der Waals surface area contributed by atoms with Crippen LogP contribution in [-0.4, -0.2) is 16.8 Å². The SMILES string of the molecule is CC=CC=CCOC=CC[SiH3].